The van der Waals surface area contributed by atoms with E-state index < -0.39 is 11.4 Å². The monoisotopic (exact) mass is 203 g/mol. The lowest BCUT2D eigenvalue weighted by Crippen LogP contribution is -2.21. The van der Waals surface area contributed by atoms with Gasteiger partial charge in [-0.1, -0.05) is 20.8 Å². The number of carboxylic acids is 1. The smallest absolute Gasteiger partial charge is 0.308 e. The number of aliphatic carboxylic acids is 1. The molecule has 0 saturated heterocycles. The van der Waals surface area contributed by atoms with Gasteiger partial charge in [0, 0.05) is 0 Å². The molecular formula is C11H25NO2. The second-order valence-corrected chi connectivity index (χ2v) is 4.17. The van der Waals surface area contributed by atoms with Crippen LogP contribution in [0.3, 0.4) is 0 Å². The summed E-state index contributed by atoms with van der Waals surface area (Å²) in [6, 6.07) is 0. The molecule has 0 aliphatic carbocycles. The Morgan fingerprint density at radius 3 is 1.29 bits per heavy atom. The third kappa shape index (κ3) is 9.52. The molecule has 0 spiro atoms. The van der Waals surface area contributed by atoms with Crippen LogP contribution >= 0.6 is 0 Å². The highest BCUT2D eigenvalue weighted by molar-refractivity contribution is 5.72. The molecular weight excluding hydrogens is 178 g/mol. The molecule has 0 aliphatic rings. The molecule has 0 aromatic carbocycles. The Balaban J connectivity index is 0. The molecule has 1 N–H and O–H groups in total. The normalized spacial score (nSPS) is 10.8. The van der Waals surface area contributed by atoms with Crippen molar-refractivity contribution >= 4 is 5.97 Å². The van der Waals surface area contributed by atoms with Crippen molar-refractivity contribution in [2.75, 3.05) is 19.6 Å². The minimum absolute atomic E-state index is 0.583. The molecule has 0 aromatic heterocycles. The highest BCUT2D eigenvalue weighted by Gasteiger charge is 2.18. The summed E-state index contributed by atoms with van der Waals surface area (Å²) >= 11 is 0. The maximum atomic E-state index is 10.0. The molecule has 0 fully saturated rings. The Hall–Kier alpha value is -0.570. The van der Waals surface area contributed by atoms with E-state index in [2.05, 4.69) is 25.7 Å². The summed E-state index contributed by atoms with van der Waals surface area (Å²) in [4.78, 5) is 12.4. The van der Waals surface area contributed by atoms with Gasteiger partial charge in [-0.3, -0.25) is 4.79 Å². The zero-order valence-electron chi connectivity index (χ0n) is 10.4. The molecule has 0 unspecified atom stereocenters. The first-order valence-corrected chi connectivity index (χ1v) is 5.25. The highest BCUT2D eigenvalue weighted by atomic mass is 16.4. The summed E-state index contributed by atoms with van der Waals surface area (Å²) in [5.74, 6) is -0.757. The van der Waals surface area contributed by atoms with E-state index in [0.29, 0.717) is 0 Å². The van der Waals surface area contributed by atoms with Crippen molar-refractivity contribution in [1.82, 2.24) is 4.90 Å². The van der Waals surface area contributed by atoms with Gasteiger partial charge in [-0.2, -0.15) is 0 Å². The van der Waals surface area contributed by atoms with Crippen molar-refractivity contribution in [1.29, 1.82) is 0 Å². The first-order valence-electron chi connectivity index (χ1n) is 5.25. The van der Waals surface area contributed by atoms with Crippen LogP contribution in [-0.2, 0) is 4.79 Å². The van der Waals surface area contributed by atoms with Crippen LogP contribution in [0.15, 0.2) is 0 Å². The quantitative estimate of drug-likeness (QED) is 0.766. The third-order valence-corrected chi connectivity index (χ3v) is 1.98. The standard InChI is InChI=1S/C6H15N.C5H10O2/c1-4-7(5-2)6-3;1-5(2,3)4(6)7/h4-6H2,1-3H3;1-3H3,(H,6,7). The lowest BCUT2D eigenvalue weighted by molar-refractivity contribution is -0.145. The minimum atomic E-state index is -0.757. The zero-order chi connectivity index (χ0) is 11.8. The van der Waals surface area contributed by atoms with E-state index in [0.717, 1.165) is 0 Å². The van der Waals surface area contributed by atoms with E-state index in [-0.39, 0.29) is 0 Å². The van der Waals surface area contributed by atoms with Crippen LogP contribution in [0.5, 0.6) is 0 Å². The van der Waals surface area contributed by atoms with Crippen LogP contribution in [0.4, 0.5) is 0 Å². The molecule has 0 aromatic rings. The average Bonchev–Trinajstić information content (AvgIpc) is 2.07. The predicted octanol–water partition coefficient (Wildman–Crippen LogP) is 2.47. The summed E-state index contributed by atoms with van der Waals surface area (Å²) in [5.41, 5.74) is -0.583. The Labute approximate surface area is 88.1 Å². The van der Waals surface area contributed by atoms with Crippen LogP contribution in [0, 0.1) is 5.41 Å². The summed E-state index contributed by atoms with van der Waals surface area (Å²) in [6.07, 6.45) is 0. The number of hydrogen-bond acceptors (Lipinski definition) is 2. The van der Waals surface area contributed by atoms with Gasteiger partial charge in [0.05, 0.1) is 5.41 Å². The van der Waals surface area contributed by atoms with E-state index in [4.69, 9.17) is 5.11 Å². The largest absolute Gasteiger partial charge is 0.481 e. The van der Waals surface area contributed by atoms with Crippen molar-refractivity contribution in [2.45, 2.75) is 41.5 Å². The number of hydrogen-bond donors (Lipinski definition) is 1. The number of carboxylic acid groups (broad SMARTS) is 1. The van der Waals surface area contributed by atoms with Gasteiger partial charge in [0.1, 0.15) is 0 Å². The number of rotatable bonds is 3. The van der Waals surface area contributed by atoms with Gasteiger partial charge in [-0.05, 0) is 40.4 Å². The van der Waals surface area contributed by atoms with E-state index in [1.165, 1.54) is 19.6 Å². The van der Waals surface area contributed by atoms with Crippen molar-refractivity contribution < 1.29 is 9.90 Å². The van der Waals surface area contributed by atoms with Gasteiger partial charge < -0.3 is 10.0 Å². The third-order valence-electron chi connectivity index (χ3n) is 1.98. The summed E-state index contributed by atoms with van der Waals surface area (Å²) in [5, 5.41) is 8.25. The lowest BCUT2D eigenvalue weighted by atomic mass is 9.98. The summed E-state index contributed by atoms with van der Waals surface area (Å²) < 4.78 is 0. The molecule has 0 atom stereocenters. The molecule has 0 rings (SSSR count). The average molecular weight is 203 g/mol. The Bertz CT molecular complexity index is 140. The Morgan fingerprint density at radius 1 is 1.07 bits per heavy atom. The fraction of sp³-hybridized carbons (Fsp3) is 0.909. The Kier molecular flexibility index (Phi) is 8.85. The second kappa shape index (κ2) is 7.80. The minimum Gasteiger partial charge on any atom is -0.481 e. The van der Waals surface area contributed by atoms with Crippen molar-refractivity contribution in [2.24, 2.45) is 5.41 Å². The molecule has 0 heterocycles. The molecule has 0 bridgehead atoms. The van der Waals surface area contributed by atoms with Gasteiger partial charge in [-0.25, -0.2) is 0 Å². The van der Waals surface area contributed by atoms with Gasteiger partial charge in [-0.15, -0.1) is 0 Å². The van der Waals surface area contributed by atoms with Crippen LogP contribution in [-0.4, -0.2) is 35.6 Å². The number of nitrogens with zero attached hydrogens (tertiary/aromatic N) is 1. The first kappa shape index (κ1) is 15.9. The second-order valence-electron chi connectivity index (χ2n) is 4.17. The maximum Gasteiger partial charge on any atom is 0.308 e. The van der Waals surface area contributed by atoms with Gasteiger partial charge >= 0.3 is 5.97 Å². The van der Waals surface area contributed by atoms with E-state index in [1.54, 1.807) is 20.8 Å². The molecule has 14 heavy (non-hydrogen) atoms. The molecule has 3 nitrogen and oxygen atoms in total. The van der Waals surface area contributed by atoms with Crippen LogP contribution in [0.25, 0.3) is 0 Å². The Morgan fingerprint density at radius 2 is 1.29 bits per heavy atom. The van der Waals surface area contributed by atoms with Crippen molar-refractivity contribution in [3.63, 3.8) is 0 Å². The van der Waals surface area contributed by atoms with E-state index in [9.17, 15) is 4.79 Å². The SMILES string of the molecule is CC(C)(C)C(=O)O.CCN(CC)CC. The van der Waals surface area contributed by atoms with Crippen LogP contribution in [0.2, 0.25) is 0 Å². The molecule has 3 heteroatoms. The molecule has 0 aliphatic heterocycles. The fourth-order valence-corrected chi connectivity index (χ4v) is 0.671. The van der Waals surface area contributed by atoms with Gasteiger partial charge in [0.2, 0.25) is 0 Å². The highest BCUT2D eigenvalue weighted by Crippen LogP contribution is 2.11. The molecule has 0 saturated carbocycles. The van der Waals surface area contributed by atoms with Crippen LogP contribution < -0.4 is 0 Å². The first-order chi connectivity index (χ1) is 6.29. The summed E-state index contributed by atoms with van der Waals surface area (Å²) in [6.45, 7) is 15.1. The molecule has 86 valence electrons. The lowest BCUT2D eigenvalue weighted by Gasteiger charge is -2.13. The predicted molar refractivity (Wildman–Crippen MR) is 60.6 cm³/mol. The summed E-state index contributed by atoms with van der Waals surface area (Å²) in [7, 11) is 0. The van der Waals surface area contributed by atoms with Crippen molar-refractivity contribution in [3.05, 3.63) is 0 Å². The van der Waals surface area contributed by atoms with Gasteiger partial charge in [0.25, 0.3) is 0 Å². The van der Waals surface area contributed by atoms with Gasteiger partial charge in [0.15, 0.2) is 0 Å². The van der Waals surface area contributed by atoms with E-state index in [1.807, 2.05) is 0 Å². The fourth-order valence-electron chi connectivity index (χ4n) is 0.671. The zero-order valence-corrected chi connectivity index (χ0v) is 10.4. The number of carbonyl (C=O) groups is 1. The topological polar surface area (TPSA) is 40.5 Å². The van der Waals surface area contributed by atoms with Crippen molar-refractivity contribution in [3.8, 4) is 0 Å². The maximum absolute atomic E-state index is 10.0. The molecule has 0 amide bonds. The molecule has 0 radical (unpaired) electrons. The van der Waals surface area contributed by atoms with Crippen LogP contribution in [0.1, 0.15) is 41.5 Å². The van der Waals surface area contributed by atoms with E-state index >= 15 is 0 Å².